The standard InChI is InChI=1S/C24H22N4O2/c1-23(2,3)30-22(29)21-20(17-8-6-12-27-13-17)24(14-25,15-26)19-11-10-16-7-4-5-9-18(16)28(19)21/h4-13,19-21H,1-3H3/t19-,20+,21-/m0/s1. The molecule has 30 heavy (non-hydrogen) atoms. The van der Waals surface area contributed by atoms with Crippen molar-refractivity contribution in [3.63, 3.8) is 0 Å². The van der Waals surface area contributed by atoms with Gasteiger partial charge in [-0.1, -0.05) is 36.4 Å². The van der Waals surface area contributed by atoms with Gasteiger partial charge in [-0.2, -0.15) is 10.5 Å². The molecule has 0 amide bonds. The second kappa shape index (κ2) is 7.00. The molecule has 2 aliphatic rings. The quantitative estimate of drug-likeness (QED) is 0.714. The van der Waals surface area contributed by atoms with Gasteiger partial charge in [-0.05, 0) is 44.0 Å². The molecule has 1 aromatic heterocycles. The highest BCUT2D eigenvalue weighted by atomic mass is 16.6. The molecule has 0 bridgehead atoms. The first-order chi connectivity index (χ1) is 14.3. The van der Waals surface area contributed by atoms with Gasteiger partial charge in [0.25, 0.3) is 0 Å². The normalized spacial score (nSPS) is 23.6. The third-order valence-electron chi connectivity index (χ3n) is 5.61. The average Bonchev–Trinajstić information content (AvgIpc) is 3.04. The van der Waals surface area contributed by atoms with Crippen LogP contribution in [0.2, 0.25) is 0 Å². The minimum Gasteiger partial charge on any atom is -0.458 e. The van der Waals surface area contributed by atoms with Crippen molar-refractivity contribution < 1.29 is 9.53 Å². The van der Waals surface area contributed by atoms with Crippen LogP contribution in [-0.2, 0) is 9.53 Å². The molecule has 0 N–H and O–H groups in total. The van der Waals surface area contributed by atoms with Crippen molar-refractivity contribution in [2.45, 2.75) is 44.4 Å². The molecular weight excluding hydrogens is 376 g/mol. The predicted octanol–water partition coefficient (Wildman–Crippen LogP) is 3.82. The highest BCUT2D eigenvalue weighted by Gasteiger charge is 2.64. The minimum absolute atomic E-state index is 0.459. The third-order valence-corrected chi connectivity index (χ3v) is 5.61. The molecule has 0 aliphatic carbocycles. The molecule has 6 heteroatoms. The van der Waals surface area contributed by atoms with Crippen LogP contribution in [0.25, 0.3) is 6.08 Å². The zero-order chi connectivity index (χ0) is 21.5. The maximum Gasteiger partial charge on any atom is 0.330 e. The number of carbonyl (C=O) groups is 1. The number of nitrogens with zero attached hydrogens (tertiary/aromatic N) is 4. The van der Waals surface area contributed by atoms with E-state index in [4.69, 9.17) is 4.74 Å². The Morgan fingerprint density at radius 1 is 1.17 bits per heavy atom. The summed E-state index contributed by atoms with van der Waals surface area (Å²) in [5.41, 5.74) is 0.217. The lowest BCUT2D eigenvalue weighted by atomic mass is 9.70. The van der Waals surface area contributed by atoms with Crippen LogP contribution in [0.5, 0.6) is 0 Å². The second-order valence-electron chi connectivity index (χ2n) is 8.61. The summed E-state index contributed by atoms with van der Waals surface area (Å²) in [6.07, 6.45) is 7.02. The van der Waals surface area contributed by atoms with E-state index in [1.807, 2.05) is 68.2 Å². The van der Waals surface area contributed by atoms with E-state index in [1.165, 1.54) is 0 Å². The summed E-state index contributed by atoms with van der Waals surface area (Å²) < 4.78 is 5.78. The van der Waals surface area contributed by atoms with E-state index in [1.54, 1.807) is 18.5 Å². The van der Waals surface area contributed by atoms with Crippen molar-refractivity contribution in [2.75, 3.05) is 4.90 Å². The van der Waals surface area contributed by atoms with Crippen LogP contribution in [0.15, 0.2) is 54.9 Å². The molecule has 4 rings (SSSR count). The molecule has 0 unspecified atom stereocenters. The van der Waals surface area contributed by atoms with Crippen LogP contribution < -0.4 is 4.90 Å². The van der Waals surface area contributed by atoms with Crippen LogP contribution in [0.4, 0.5) is 5.69 Å². The Morgan fingerprint density at radius 3 is 2.53 bits per heavy atom. The Hall–Kier alpha value is -3.64. The number of benzene rings is 1. The number of para-hydroxylation sites is 1. The van der Waals surface area contributed by atoms with Crippen molar-refractivity contribution in [3.8, 4) is 12.1 Å². The summed E-state index contributed by atoms with van der Waals surface area (Å²) >= 11 is 0. The van der Waals surface area contributed by atoms with Gasteiger partial charge >= 0.3 is 5.97 Å². The van der Waals surface area contributed by atoms with Gasteiger partial charge in [-0.15, -0.1) is 0 Å². The molecule has 1 fully saturated rings. The number of carbonyl (C=O) groups excluding carboxylic acids is 1. The molecule has 2 aromatic rings. The topological polar surface area (TPSA) is 90.0 Å². The largest absolute Gasteiger partial charge is 0.458 e. The number of aromatic nitrogens is 1. The first-order valence-corrected chi connectivity index (χ1v) is 9.83. The highest BCUT2D eigenvalue weighted by molar-refractivity contribution is 5.88. The first kappa shape index (κ1) is 19.7. The Bertz CT molecular complexity index is 1070. The summed E-state index contributed by atoms with van der Waals surface area (Å²) in [5.74, 6) is -1.18. The zero-order valence-corrected chi connectivity index (χ0v) is 17.1. The number of hydrogen-bond donors (Lipinski definition) is 0. The van der Waals surface area contributed by atoms with Gasteiger partial charge in [-0.3, -0.25) is 4.98 Å². The van der Waals surface area contributed by atoms with Gasteiger partial charge in [0.2, 0.25) is 0 Å². The fourth-order valence-corrected chi connectivity index (χ4v) is 4.50. The number of nitriles is 2. The number of esters is 1. The lowest BCUT2D eigenvalue weighted by Gasteiger charge is -2.36. The van der Waals surface area contributed by atoms with E-state index in [0.717, 1.165) is 11.3 Å². The monoisotopic (exact) mass is 398 g/mol. The first-order valence-electron chi connectivity index (χ1n) is 9.83. The number of anilines is 1. The number of ether oxygens (including phenoxy) is 1. The number of pyridine rings is 1. The molecule has 6 nitrogen and oxygen atoms in total. The predicted molar refractivity (Wildman–Crippen MR) is 112 cm³/mol. The highest BCUT2D eigenvalue weighted by Crippen LogP contribution is 2.55. The summed E-state index contributed by atoms with van der Waals surface area (Å²) in [6.45, 7) is 5.42. The summed E-state index contributed by atoms with van der Waals surface area (Å²) in [7, 11) is 0. The van der Waals surface area contributed by atoms with Gasteiger partial charge in [0.05, 0.1) is 24.1 Å². The van der Waals surface area contributed by atoms with Gasteiger partial charge < -0.3 is 9.64 Å². The van der Waals surface area contributed by atoms with E-state index >= 15 is 0 Å². The van der Waals surface area contributed by atoms with Crippen LogP contribution in [0, 0.1) is 28.1 Å². The zero-order valence-electron chi connectivity index (χ0n) is 17.1. The van der Waals surface area contributed by atoms with Gasteiger partial charge in [0.1, 0.15) is 11.6 Å². The Morgan fingerprint density at radius 2 is 1.90 bits per heavy atom. The van der Waals surface area contributed by atoms with E-state index in [9.17, 15) is 15.3 Å². The molecule has 150 valence electrons. The van der Waals surface area contributed by atoms with Crippen LogP contribution in [0.1, 0.15) is 37.8 Å². The molecule has 2 aliphatic heterocycles. The van der Waals surface area contributed by atoms with Crippen LogP contribution in [-0.4, -0.2) is 28.6 Å². The van der Waals surface area contributed by atoms with E-state index in [-0.39, 0.29) is 0 Å². The summed E-state index contributed by atoms with van der Waals surface area (Å²) in [6, 6.07) is 14.3. The van der Waals surface area contributed by atoms with Crippen molar-refractivity contribution >= 4 is 17.7 Å². The van der Waals surface area contributed by atoms with Crippen molar-refractivity contribution in [1.82, 2.24) is 4.98 Å². The third kappa shape index (κ3) is 2.93. The molecule has 3 atom stereocenters. The fourth-order valence-electron chi connectivity index (χ4n) is 4.50. The summed E-state index contributed by atoms with van der Waals surface area (Å²) in [4.78, 5) is 19.6. The molecule has 0 saturated carbocycles. The Balaban J connectivity index is 1.97. The molecule has 1 saturated heterocycles. The maximum absolute atomic E-state index is 13.5. The number of rotatable bonds is 2. The van der Waals surface area contributed by atoms with Crippen molar-refractivity contribution in [1.29, 1.82) is 10.5 Å². The molecule has 0 radical (unpaired) electrons. The average molecular weight is 398 g/mol. The molecule has 1 aromatic carbocycles. The van der Waals surface area contributed by atoms with Gasteiger partial charge in [0, 0.05) is 18.1 Å². The minimum atomic E-state index is -1.48. The lowest BCUT2D eigenvalue weighted by molar-refractivity contribution is -0.156. The maximum atomic E-state index is 13.5. The smallest absolute Gasteiger partial charge is 0.330 e. The number of fused-ring (bicyclic) bond motifs is 3. The Kier molecular flexibility index (Phi) is 4.59. The van der Waals surface area contributed by atoms with Gasteiger partial charge in [0.15, 0.2) is 5.41 Å². The van der Waals surface area contributed by atoms with E-state index in [2.05, 4.69) is 17.1 Å². The van der Waals surface area contributed by atoms with Crippen molar-refractivity contribution in [2.24, 2.45) is 5.41 Å². The van der Waals surface area contributed by atoms with Crippen LogP contribution >= 0.6 is 0 Å². The lowest BCUT2D eigenvalue weighted by Crippen LogP contribution is -2.46. The SMILES string of the molecule is CC(C)(C)OC(=O)[C@@H]1[C@@H](c2cccnc2)C(C#N)(C#N)[C@@H]2C=Cc3ccccc3N12. The van der Waals surface area contributed by atoms with Gasteiger partial charge in [-0.25, -0.2) is 4.79 Å². The fraction of sp³-hybridized carbons (Fsp3) is 0.333. The summed E-state index contributed by atoms with van der Waals surface area (Å²) in [5, 5.41) is 20.5. The Labute approximate surface area is 176 Å². The number of hydrogen-bond acceptors (Lipinski definition) is 6. The van der Waals surface area contributed by atoms with Crippen molar-refractivity contribution in [3.05, 3.63) is 66.0 Å². The van der Waals surface area contributed by atoms with E-state index < -0.39 is 35.0 Å². The van der Waals surface area contributed by atoms with Crippen LogP contribution in [0.3, 0.4) is 0 Å². The molecule has 3 heterocycles. The van der Waals surface area contributed by atoms with E-state index in [0.29, 0.717) is 5.56 Å². The molecular formula is C24H22N4O2. The molecule has 0 spiro atoms. The second-order valence-corrected chi connectivity index (χ2v) is 8.61.